The monoisotopic (exact) mass is 580 g/mol. The number of carbonyl (C=O) groups excluding carboxylic acids is 2. The molecule has 0 spiro atoms. The fourth-order valence-electron chi connectivity index (χ4n) is 4.05. The van der Waals surface area contributed by atoms with Crippen LogP contribution >= 0.6 is 23.2 Å². The molecule has 204 valence electrons. The van der Waals surface area contributed by atoms with Gasteiger partial charge in [-0.15, -0.1) is 0 Å². The van der Waals surface area contributed by atoms with Gasteiger partial charge in [-0.2, -0.15) is 13.2 Å². The summed E-state index contributed by atoms with van der Waals surface area (Å²) in [4.78, 5) is 40.1. The molecule has 1 atom stereocenters. The van der Waals surface area contributed by atoms with Gasteiger partial charge in [-0.25, -0.2) is 14.9 Å². The van der Waals surface area contributed by atoms with Crippen LogP contribution in [0.2, 0.25) is 10.0 Å². The van der Waals surface area contributed by atoms with Crippen molar-refractivity contribution in [1.82, 2.24) is 9.97 Å². The standard InChI is InChI=1S/C26H21Cl2F3N4O4/c1-14-11-32-24(33-12-14)35(22(36)13-38-3)23(37)20-5-4-16(6-15(20)2)21-10-25(39-34-21,26(29,30)31)17-7-18(27)9-19(28)8-17/h4-9,11-12H,10,13H2,1-3H3. The molecule has 0 fully saturated rings. The average Bonchev–Trinajstić information content (AvgIpc) is 3.32. The molecule has 2 aromatic carbocycles. The highest BCUT2D eigenvalue weighted by Crippen LogP contribution is 2.49. The van der Waals surface area contributed by atoms with Crippen molar-refractivity contribution in [3.8, 4) is 0 Å². The van der Waals surface area contributed by atoms with Crippen molar-refractivity contribution in [2.45, 2.75) is 32.0 Å². The molecule has 0 N–H and O–H groups in total. The minimum Gasteiger partial charge on any atom is -0.375 e. The first-order chi connectivity index (χ1) is 18.4. The van der Waals surface area contributed by atoms with Crippen molar-refractivity contribution < 1.29 is 32.3 Å². The minimum atomic E-state index is -4.85. The number of benzene rings is 2. The largest absolute Gasteiger partial charge is 0.435 e. The van der Waals surface area contributed by atoms with Gasteiger partial charge in [0.2, 0.25) is 5.95 Å². The van der Waals surface area contributed by atoms with Gasteiger partial charge in [0.15, 0.2) is 0 Å². The predicted octanol–water partition coefficient (Wildman–Crippen LogP) is 5.80. The second-order valence-electron chi connectivity index (χ2n) is 8.85. The van der Waals surface area contributed by atoms with Crippen molar-refractivity contribution in [1.29, 1.82) is 0 Å². The van der Waals surface area contributed by atoms with Crippen molar-refractivity contribution in [3.63, 3.8) is 0 Å². The highest BCUT2D eigenvalue weighted by molar-refractivity contribution is 6.34. The number of carbonyl (C=O) groups is 2. The first-order valence-corrected chi connectivity index (χ1v) is 12.2. The van der Waals surface area contributed by atoms with Crippen molar-refractivity contribution >= 4 is 46.7 Å². The molecule has 0 saturated heterocycles. The number of oxime groups is 1. The summed E-state index contributed by atoms with van der Waals surface area (Å²) in [6, 6.07) is 7.88. The van der Waals surface area contributed by atoms with Crippen molar-refractivity contribution in [2.24, 2.45) is 5.16 Å². The van der Waals surface area contributed by atoms with Crippen LogP contribution in [0, 0.1) is 13.8 Å². The summed E-state index contributed by atoms with van der Waals surface area (Å²) in [5.41, 5.74) is -1.59. The van der Waals surface area contributed by atoms with Crippen molar-refractivity contribution in [2.75, 3.05) is 18.6 Å². The van der Waals surface area contributed by atoms with E-state index in [4.69, 9.17) is 32.8 Å². The highest BCUT2D eigenvalue weighted by Gasteiger charge is 2.62. The Labute approximate surface area is 231 Å². The zero-order valence-corrected chi connectivity index (χ0v) is 22.4. The number of imide groups is 1. The lowest BCUT2D eigenvalue weighted by atomic mass is 9.86. The number of aryl methyl sites for hydroxylation is 2. The first-order valence-electron chi connectivity index (χ1n) is 11.4. The van der Waals surface area contributed by atoms with E-state index in [1.54, 1.807) is 13.8 Å². The predicted molar refractivity (Wildman–Crippen MR) is 138 cm³/mol. The number of aromatic nitrogens is 2. The van der Waals surface area contributed by atoms with E-state index in [9.17, 15) is 22.8 Å². The summed E-state index contributed by atoms with van der Waals surface area (Å²) >= 11 is 11.9. The van der Waals surface area contributed by atoms with E-state index in [1.165, 1.54) is 43.8 Å². The third kappa shape index (κ3) is 5.61. The summed E-state index contributed by atoms with van der Waals surface area (Å²) in [7, 11) is 1.30. The highest BCUT2D eigenvalue weighted by atomic mass is 35.5. The molecule has 0 radical (unpaired) electrons. The van der Waals surface area contributed by atoms with Gasteiger partial charge in [-0.05, 0) is 60.9 Å². The number of hydrogen-bond donors (Lipinski definition) is 0. The van der Waals surface area contributed by atoms with Gasteiger partial charge in [0, 0.05) is 47.1 Å². The molecule has 3 aromatic rings. The van der Waals surface area contributed by atoms with Gasteiger partial charge in [0.1, 0.15) is 6.61 Å². The molecule has 4 rings (SSSR count). The number of methoxy groups -OCH3 is 1. The van der Waals surface area contributed by atoms with E-state index in [1.807, 2.05) is 0 Å². The molecular formula is C26H21Cl2F3N4O4. The van der Waals surface area contributed by atoms with E-state index < -0.39 is 36.6 Å². The maximum atomic E-state index is 14.3. The quantitative estimate of drug-likeness (QED) is 0.365. The molecular weight excluding hydrogens is 560 g/mol. The summed E-state index contributed by atoms with van der Waals surface area (Å²) in [5.74, 6) is -1.56. The van der Waals surface area contributed by atoms with Crippen LogP contribution in [0.3, 0.4) is 0 Å². The summed E-state index contributed by atoms with van der Waals surface area (Å²) in [6.45, 7) is 2.93. The molecule has 1 aromatic heterocycles. The molecule has 2 amide bonds. The molecule has 13 heteroatoms. The number of alkyl halides is 3. The Hall–Kier alpha value is -3.54. The van der Waals surface area contributed by atoms with Gasteiger partial charge in [0.05, 0.1) is 5.71 Å². The smallest absolute Gasteiger partial charge is 0.375 e. The number of amides is 2. The SMILES string of the molecule is COCC(=O)N(C(=O)c1ccc(C2=NOC(c3cc(Cl)cc(Cl)c3)(C(F)(F)F)C2)cc1C)c1ncc(C)cn1. The molecule has 2 heterocycles. The number of anilines is 1. The first kappa shape index (κ1) is 28.5. The van der Waals surface area contributed by atoms with E-state index >= 15 is 0 Å². The lowest BCUT2D eigenvalue weighted by Gasteiger charge is -2.29. The van der Waals surface area contributed by atoms with Gasteiger partial charge < -0.3 is 9.57 Å². The molecule has 0 bridgehead atoms. The Balaban J connectivity index is 1.66. The van der Waals surface area contributed by atoms with Crippen LogP contribution < -0.4 is 4.90 Å². The van der Waals surface area contributed by atoms with Crippen LogP contribution in [0.1, 0.15) is 39.0 Å². The summed E-state index contributed by atoms with van der Waals surface area (Å²) in [6.07, 6.45) is -2.60. The van der Waals surface area contributed by atoms with Gasteiger partial charge in [0.25, 0.3) is 17.4 Å². The zero-order valence-electron chi connectivity index (χ0n) is 20.8. The van der Waals surface area contributed by atoms with E-state index in [-0.39, 0.29) is 32.8 Å². The Morgan fingerprint density at radius 3 is 2.28 bits per heavy atom. The normalized spacial score (nSPS) is 17.0. The summed E-state index contributed by atoms with van der Waals surface area (Å²) < 4.78 is 47.9. The Kier molecular flexibility index (Phi) is 7.97. The lowest BCUT2D eigenvalue weighted by molar-refractivity contribution is -0.275. The fourth-order valence-corrected chi connectivity index (χ4v) is 4.58. The topological polar surface area (TPSA) is 94.0 Å². The van der Waals surface area contributed by atoms with Gasteiger partial charge in [-0.1, -0.05) is 34.4 Å². The van der Waals surface area contributed by atoms with Crippen molar-refractivity contribution in [3.05, 3.63) is 86.7 Å². The van der Waals surface area contributed by atoms with E-state index in [0.717, 1.165) is 22.6 Å². The van der Waals surface area contributed by atoms with Gasteiger partial charge in [-0.3, -0.25) is 9.59 Å². The molecule has 39 heavy (non-hydrogen) atoms. The third-order valence-electron chi connectivity index (χ3n) is 5.99. The Morgan fingerprint density at radius 2 is 1.72 bits per heavy atom. The number of ether oxygens (including phenoxy) is 1. The van der Waals surface area contributed by atoms with E-state index in [0.29, 0.717) is 11.1 Å². The van der Waals surface area contributed by atoms with E-state index in [2.05, 4.69) is 15.1 Å². The van der Waals surface area contributed by atoms with Crippen LogP contribution in [0.5, 0.6) is 0 Å². The van der Waals surface area contributed by atoms with Crippen LogP contribution in [0.25, 0.3) is 0 Å². The number of rotatable bonds is 6. The maximum Gasteiger partial charge on any atom is 0.435 e. The lowest BCUT2D eigenvalue weighted by Crippen LogP contribution is -2.42. The Bertz CT molecular complexity index is 1440. The second-order valence-corrected chi connectivity index (χ2v) is 9.72. The molecule has 1 aliphatic heterocycles. The minimum absolute atomic E-state index is 0.000273. The zero-order chi connectivity index (χ0) is 28.5. The average molecular weight is 581 g/mol. The maximum absolute atomic E-state index is 14.3. The van der Waals surface area contributed by atoms with Crippen LogP contribution in [0.15, 0.2) is 53.9 Å². The molecule has 0 aliphatic carbocycles. The molecule has 1 unspecified atom stereocenters. The summed E-state index contributed by atoms with van der Waals surface area (Å²) in [5, 5.41) is 3.78. The van der Waals surface area contributed by atoms with Gasteiger partial charge >= 0.3 is 6.18 Å². The molecule has 1 aliphatic rings. The van der Waals surface area contributed by atoms with Crippen LogP contribution in [0.4, 0.5) is 19.1 Å². The van der Waals surface area contributed by atoms with Crippen LogP contribution in [-0.2, 0) is 20.0 Å². The molecule has 8 nitrogen and oxygen atoms in total. The number of hydrogen-bond acceptors (Lipinski definition) is 7. The molecule has 0 saturated carbocycles. The third-order valence-corrected chi connectivity index (χ3v) is 6.43. The van der Waals surface area contributed by atoms with Crippen LogP contribution in [-0.4, -0.2) is 47.4 Å². The number of nitrogens with zero attached hydrogens (tertiary/aromatic N) is 4. The second kappa shape index (κ2) is 10.9. The Morgan fingerprint density at radius 1 is 1.08 bits per heavy atom. The fraction of sp³-hybridized carbons (Fsp3) is 0.269. The number of halogens is 5.